The molecule has 1 aromatic carbocycles. The van der Waals surface area contributed by atoms with E-state index in [2.05, 4.69) is 13.8 Å². The minimum absolute atomic E-state index is 0.169. The van der Waals surface area contributed by atoms with Crippen LogP contribution in [0.3, 0.4) is 0 Å². The van der Waals surface area contributed by atoms with Crippen molar-refractivity contribution in [3.63, 3.8) is 0 Å². The van der Waals surface area contributed by atoms with Crippen LogP contribution in [-0.4, -0.2) is 5.78 Å². The summed E-state index contributed by atoms with van der Waals surface area (Å²) in [6.45, 7) is 5.90. The van der Waals surface area contributed by atoms with Crippen molar-refractivity contribution in [2.45, 2.75) is 39.5 Å². The topological polar surface area (TPSA) is 17.1 Å². The molecule has 1 unspecified atom stereocenters. The second-order valence-corrected chi connectivity index (χ2v) is 4.45. The summed E-state index contributed by atoms with van der Waals surface area (Å²) < 4.78 is 0. The summed E-state index contributed by atoms with van der Waals surface area (Å²) >= 11 is 6.18. The molecule has 1 nitrogen and oxygen atoms in total. The number of rotatable bonds is 4. The number of Topliss-reactive ketones (excluding diaryl/α,β-unsaturated/α-hetero) is 1. The van der Waals surface area contributed by atoms with Crippen molar-refractivity contribution in [1.29, 1.82) is 0 Å². The van der Waals surface area contributed by atoms with Gasteiger partial charge < -0.3 is 0 Å². The van der Waals surface area contributed by atoms with E-state index in [1.165, 1.54) is 5.56 Å². The first kappa shape index (κ1) is 12.3. The minimum atomic E-state index is 0.169. The molecule has 0 spiro atoms. The SMILES string of the molecule is CCC(C)c1ccc(CC(C)=O)cc1Cl. The van der Waals surface area contributed by atoms with Gasteiger partial charge in [0.1, 0.15) is 5.78 Å². The first-order valence-electron chi connectivity index (χ1n) is 5.32. The average molecular weight is 225 g/mol. The van der Waals surface area contributed by atoms with E-state index in [0.29, 0.717) is 12.3 Å². The number of carbonyl (C=O) groups excluding carboxylic acids is 1. The van der Waals surface area contributed by atoms with Crippen molar-refractivity contribution in [2.75, 3.05) is 0 Å². The van der Waals surface area contributed by atoms with Gasteiger partial charge in [0.2, 0.25) is 0 Å². The highest BCUT2D eigenvalue weighted by atomic mass is 35.5. The number of benzene rings is 1. The molecule has 0 aromatic heterocycles. The van der Waals surface area contributed by atoms with E-state index in [-0.39, 0.29) is 5.78 Å². The van der Waals surface area contributed by atoms with Gasteiger partial charge in [-0.2, -0.15) is 0 Å². The summed E-state index contributed by atoms with van der Waals surface area (Å²) in [5.41, 5.74) is 2.17. The van der Waals surface area contributed by atoms with Crippen LogP contribution in [0.2, 0.25) is 5.02 Å². The van der Waals surface area contributed by atoms with E-state index in [4.69, 9.17) is 11.6 Å². The van der Waals surface area contributed by atoms with Crippen LogP contribution in [0, 0.1) is 0 Å². The Bertz CT molecular complexity index is 358. The summed E-state index contributed by atoms with van der Waals surface area (Å²) in [4.78, 5) is 11.0. The van der Waals surface area contributed by atoms with Gasteiger partial charge in [0.05, 0.1) is 0 Å². The maximum atomic E-state index is 11.0. The lowest BCUT2D eigenvalue weighted by molar-refractivity contribution is -0.116. The Morgan fingerprint density at radius 1 is 1.47 bits per heavy atom. The fourth-order valence-electron chi connectivity index (χ4n) is 1.59. The second kappa shape index (κ2) is 5.32. The Kier molecular flexibility index (Phi) is 4.34. The Morgan fingerprint density at radius 3 is 2.60 bits per heavy atom. The fraction of sp³-hybridized carbons (Fsp3) is 0.462. The van der Waals surface area contributed by atoms with Gasteiger partial charge in [0, 0.05) is 11.4 Å². The van der Waals surface area contributed by atoms with Gasteiger partial charge in [-0.1, -0.05) is 37.6 Å². The smallest absolute Gasteiger partial charge is 0.134 e. The van der Waals surface area contributed by atoms with Gasteiger partial charge in [0.15, 0.2) is 0 Å². The van der Waals surface area contributed by atoms with Crippen LogP contribution in [0.5, 0.6) is 0 Å². The van der Waals surface area contributed by atoms with Crippen molar-refractivity contribution in [3.8, 4) is 0 Å². The van der Waals surface area contributed by atoms with Crippen molar-refractivity contribution in [2.24, 2.45) is 0 Å². The molecule has 0 bridgehead atoms. The van der Waals surface area contributed by atoms with Crippen LogP contribution in [0.25, 0.3) is 0 Å². The third-order valence-electron chi connectivity index (χ3n) is 2.66. The van der Waals surface area contributed by atoms with Crippen molar-refractivity contribution in [1.82, 2.24) is 0 Å². The van der Waals surface area contributed by atoms with Gasteiger partial charge >= 0.3 is 0 Å². The van der Waals surface area contributed by atoms with Crippen LogP contribution in [-0.2, 0) is 11.2 Å². The highest BCUT2D eigenvalue weighted by molar-refractivity contribution is 6.31. The molecule has 0 heterocycles. The second-order valence-electron chi connectivity index (χ2n) is 4.04. The molecule has 0 aliphatic heterocycles. The van der Waals surface area contributed by atoms with Crippen LogP contribution in [0.4, 0.5) is 0 Å². The molecule has 0 radical (unpaired) electrons. The molecule has 1 aromatic rings. The zero-order valence-electron chi connectivity index (χ0n) is 9.51. The normalized spacial score (nSPS) is 12.5. The maximum Gasteiger partial charge on any atom is 0.134 e. The number of ketones is 1. The lowest BCUT2D eigenvalue weighted by atomic mass is 9.96. The molecule has 15 heavy (non-hydrogen) atoms. The van der Waals surface area contributed by atoms with E-state index < -0.39 is 0 Å². The zero-order chi connectivity index (χ0) is 11.4. The lowest BCUT2D eigenvalue weighted by Crippen LogP contribution is -1.98. The lowest BCUT2D eigenvalue weighted by Gasteiger charge is -2.12. The molecule has 0 saturated heterocycles. The average Bonchev–Trinajstić information content (AvgIpc) is 2.16. The molecular weight excluding hydrogens is 208 g/mol. The molecule has 0 amide bonds. The predicted molar refractivity (Wildman–Crippen MR) is 64.5 cm³/mol. The maximum absolute atomic E-state index is 11.0. The highest BCUT2D eigenvalue weighted by Gasteiger charge is 2.08. The van der Waals surface area contributed by atoms with Gasteiger partial charge in [0.25, 0.3) is 0 Å². The first-order chi connectivity index (χ1) is 7.04. The van der Waals surface area contributed by atoms with E-state index >= 15 is 0 Å². The number of hydrogen-bond donors (Lipinski definition) is 0. The number of carbonyl (C=O) groups is 1. The Morgan fingerprint density at radius 2 is 2.13 bits per heavy atom. The molecule has 2 heteroatoms. The summed E-state index contributed by atoms with van der Waals surface area (Å²) in [5.74, 6) is 0.645. The predicted octanol–water partition coefficient (Wildman–Crippen LogP) is 3.99. The van der Waals surface area contributed by atoms with Crippen LogP contribution in [0.1, 0.15) is 44.2 Å². The molecule has 0 fully saturated rings. The van der Waals surface area contributed by atoms with Crippen LogP contribution < -0.4 is 0 Å². The van der Waals surface area contributed by atoms with E-state index in [1.54, 1.807) is 6.92 Å². The summed E-state index contributed by atoms with van der Waals surface area (Å²) in [6, 6.07) is 5.94. The van der Waals surface area contributed by atoms with Gasteiger partial charge in [-0.15, -0.1) is 0 Å². The molecule has 1 atom stereocenters. The largest absolute Gasteiger partial charge is 0.300 e. The summed E-state index contributed by atoms with van der Waals surface area (Å²) in [6.07, 6.45) is 1.55. The summed E-state index contributed by atoms with van der Waals surface area (Å²) in [7, 11) is 0. The van der Waals surface area contributed by atoms with Crippen molar-refractivity contribution < 1.29 is 4.79 Å². The van der Waals surface area contributed by atoms with E-state index in [1.807, 2.05) is 18.2 Å². The molecule has 82 valence electrons. The fourth-order valence-corrected chi connectivity index (χ4v) is 1.98. The van der Waals surface area contributed by atoms with Gasteiger partial charge in [-0.05, 0) is 36.5 Å². The monoisotopic (exact) mass is 224 g/mol. The van der Waals surface area contributed by atoms with Crippen LogP contribution >= 0.6 is 11.6 Å². The summed E-state index contributed by atoms with van der Waals surface area (Å²) in [5, 5.41) is 0.781. The quantitative estimate of drug-likeness (QED) is 0.756. The first-order valence-corrected chi connectivity index (χ1v) is 5.70. The molecule has 0 aliphatic carbocycles. The third kappa shape index (κ3) is 3.35. The van der Waals surface area contributed by atoms with Crippen molar-refractivity contribution >= 4 is 17.4 Å². The highest BCUT2D eigenvalue weighted by Crippen LogP contribution is 2.27. The van der Waals surface area contributed by atoms with Gasteiger partial charge in [-0.3, -0.25) is 4.79 Å². The van der Waals surface area contributed by atoms with Gasteiger partial charge in [-0.25, -0.2) is 0 Å². The van der Waals surface area contributed by atoms with Crippen LogP contribution in [0.15, 0.2) is 18.2 Å². The molecule has 0 saturated carbocycles. The molecule has 1 rings (SSSR count). The third-order valence-corrected chi connectivity index (χ3v) is 2.99. The number of halogens is 1. The Hall–Kier alpha value is -0.820. The Labute approximate surface area is 96.5 Å². The Balaban J connectivity index is 2.92. The molecular formula is C13H17ClO. The minimum Gasteiger partial charge on any atom is -0.300 e. The molecule has 0 N–H and O–H groups in total. The van der Waals surface area contributed by atoms with Crippen molar-refractivity contribution in [3.05, 3.63) is 34.3 Å². The molecule has 0 aliphatic rings. The number of hydrogen-bond acceptors (Lipinski definition) is 1. The van der Waals surface area contributed by atoms with E-state index in [0.717, 1.165) is 17.0 Å². The van der Waals surface area contributed by atoms with E-state index in [9.17, 15) is 4.79 Å². The standard InChI is InChI=1S/C13H17ClO/c1-4-9(2)12-6-5-11(7-10(3)15)8-13(12)14/h5-6,8-9H,4,7H2,1-3H3. The zero-order valence-corrected chi connectivity index (χ0v) is 10.3.